The summed E-state index contributed by atoms with van der Waals surface area (Å²) in [6.07, 6.45) is 2.52. The molecule has 0 fully saturated rings. The number of amides is 1. The first-order valence-electron chi connectivity index (χ1n) is 10.6. The monoisotopic (exact) mass is 462 g/mol. The van der Waals surface area contributed by atoms with Crippen molar-refractivity contribution in [2.45, 2.75) is 24.7 Å². The smallest absolute Gasteiger partial charge is 0.277 e. The van der Waals surface area contributed by atoms with Crippen LogP contribution in [0.25, 0.3) is 16.9 Å². The molecule has 0 aliphatic rings. The normalized spacial score (nSPS) is 11.0. The fraction of sp³-hybridized carbons (Fsp3) is 0.240. The van der Waals surface area contributed by atoms with Gasteiger partial charge in [-0.2, -0.15) is 9.61 Å². The number of fused-ring (bicyclic) bond motifs is 1. The molecule has 4 rings (SSSR count). The number of benzene rings is 2. The van der Waals surface area contributed by atoms with Gasteiger partial charge in [0.25, 0.3) is 5.56 Å². The summed E-state index contributed by atoms with van der Waals surface area (Å²) < 4.78 is 8.79. The van der Waals surface area contributed by atoms with E-state index in [1.807, 2.05) is 79.4 Å². The number of nitrogens with zero attached hydrogens (tertiary/aromatic N) is 3. The molecule has 0 aliphatic heterocycles. The van der Waals surface area contributed by atoms with Crippen LogP contribution in [0.3, 0.4) is 0 Å². The fourth-order valence-electron chi connectivity index (χ4n) is 3.86. The Hall–Kier alpha value is -3.52. The molecule has 0 atom stereocenters. The van der Waals surface area contributed by atoms with Crippen LogP contribution in [0.15, 0.2) is 64.3 Å². The second-order valence-corrected chi connectivity index (χ2v) is 8.59. The topological polar surface area (TPSA) is 77.6 Å². The molecular formula is C25H26N4O3S. The van der Waals surface area contributed by atoms with Crippen LogP contribution < -0.4 is 15.6 Å². The summed E-state index contributed by atoms with van der Waals surface area (Å²) in [5.74, 6) is 0.556. The van der Waals surface area contributed by atoms with Gasteiger partial charge in [0.2, 0.25) is 5.91 Å². The molecule has 4 aromatic rings. The second kappa shape index (κ2) is 9.54. The molecule has 0 bridgehead atoms. The summed E-state index contributed by atoms with van der Waals surface area (Å²) in [4.78, 5) is 26.9. The van der Waals surface area contributed by atoms with Gasteiger partial charge in [-0.15, -0.1) is 11.8 Å². The van der Waals surface area contributed by atoms with Crippen LogP contribution in [0, 0.1) is 6.92 Å². The average Bonchev–Trinajstić information content (AvgIpc) is 3.28. The predicted octanol–water partition coefficient (Wildman–Crippen LogP) is 4.31. The minimum absolute atomic E-state index is 0.134. The van der Waals surface area contributed by atoms with Gasteiger partial charge in [-0.25, -0.2) is 0 Å². The molecule has 2 aromatic carbocycles. The lowest BCUT2D eigenvalue weighted by Crippen LogP contribution is -2.26. The Morgan fingerprint density at radius 2 is 1.94 bits per heavy atom. The maximum atomic E-state index is 13.3. The Bertz CT molecular complexity index is 1390. The van der Waals surface area contributed by atoms with Crippen LogP contribution in [0.5, 0.6) is 5.75 Å². The summed E-state index contributed by atoms with van der Waals surface area (Å²) in [7, 11) is 3.51. The summed E-state index contributed by atoms with van der Waals surface area (Å²) in [6, 6.07) is 17.1. The molecule has 1 N–H and O–H groups in total. The number of anilines is 1. The van der Waals surface area contributed by atoms with Crippen molar-refractivity contribution < 1.29 is 9.53 Å². The van der Waals surface area contributed by atoms with Crippen molar-refractivity contribution in [2.75, 3.05) is 18.7 Å². The van der Waals surface area contributed by atoms with Crippen LogP contribution in [-0.2, 0) is 18.3 Å². The highest BCUT2D eigenvalue weighted by Gasteiger charge is 2.18. The maximum absolute atomic E-state index is 13.3. The van der Waals surface area contributed by atoms with Crippen LogP contribution in [0.2, 0.25) is 0 Å². The van der Waals surface area contributed by atoms with Crippen LogP contribution in [0.4, 0.5) is 5.69 Å². The molecule has 7 nitrogen and oxygen atoms in total. The zero-order valence-electron chi connectivity index (χ0n) is 19.1. The fourth-order valence-corrected chi connectivity index (χ4v) is 4.31. The Balaban J connectivity index is 1.62. The lowest BCUT2D eigenvalue weighted by atomic mass is 10.1. The molecular weight excluding hydrogens is 436 g/mol. The summed E-state index contributed by atoms with van der Waals surface area (Å²) in [5.41, 5.74) is 4.08. The van der Waals surface area contributed by atoms with E-state index in [9.17, 15) is 9.59 Å². The highest BCUT2D eigenvalue weighted by molar-refractivity contribution is 7.98. The molecule has 8 heteroatoms. The van der Waals surface area contributed by atoms with Gasteiger partial charge in [0.1, 0.15) is 11.4 Å². The highest BCUT2D eigenvalue weighted by Crippen LogP contribution is 2.29. The molecule has 2 aromatic heterocycles. The number of carbonyl (C=O) groups excluding carboxylic acids is 1. The first-order chi connectivity index (χ1) is 15.9. The number of carbonyl (C=O) groups is 1. The van der Waals surface area contributed by atoms with E-state index in [1.54, 1.807) is 18.9 Å². The summed E-state index contributed by atoms with van der Waals surface area (Å²) >= 11 is 1.62. The third kappa shape index (κ3) is 4.52. The Morgan fingerprint density at radius 1 is 1.15 bits per heavy atom. The van der Waals surface area contributed by atoms with Gasteiger partial charge >= 0.3 is 0 Å². The third-order valence-corrected chi connectivity index (χ3v) is 6.49. The Morgan fingerprint density at radius 3 is 2.70 bits per heavy atom. The lowest BCUT2D eigenvalue weighted by Gasteiger charge is -2.12. The highest BCUT2D eigenvalue weighted by atomic mass is 32.2. The van der Waals surface area contributed by atoms with Gasteiger partial charge in [0.05, 0.1) is 12.8 Å². The zero-order chi connectivity index (χ0) is 23.5. The van der Waals surface area contributed by atoms with Crippen molar-refractivity contribution in [3.05, 3.63) is 76.2 Å². The van der Waals surface area contributed by atoms with Gasteiger partial charge in [0, 0.05) is 46.9 Å². The van der Waals surface area contributed by atoms with E-state index in [1.165, 1.54) is 4.52 Å². The van der Waals surface area contributed by atoms with E-state index in [0.29, 0.717) is 29.1 Å². The quantitative estimate of drug-likeness (QED) is 0.414. The van der Waals surface area contributed by atoms with Gasteiger partial charge in [-0.3, -0.25) is 9.59 Å². The number of nitrogens with one attached hydrogen (secondary N) is 1. The third-order valence-electron chi connectivity index (χ3n) is 5.76. The number of thioether (sulfide) groups is 1. The predicted molar refractivity (Wildman–Crippen MR) is 132 cm³/mol. The number of hydrogen-bond acceptors (Lipinski definition) is 5. The van der Waals surface area contributed by atoms with E-state index in [4.69, 9.17) is 4.74 Å². The Kier molecular flexibility index (Phi) is 6.55. The molecule has 2 heterocycles. The Labute approximate surface area is 196 Å². The van der Waals surface area contributed by atoms with Gasteiger partial charge in [-0.05, 0) is 49.9 Å². The zero-order valence-corrected chi connectivity index (χ0v) is 19.9. The van der Waals surface area contributed by atoms with Crippen molar-refractivity contribution in [3.8, 4) is 17.0 Å². The number of aryl methyl sites for hydroxylation is 1. The number of rotatable bonds is 7. The number of methoxy groups -OCH3 is 1. The maximum Gasteiger partial charge on any atom is 0.277 e. The molecule has 33 heavy (non-hydrogen) atoms. The molecule has 0 saturated carbocycles. The summed E-state index contributed by atoms with van der Waals surface area (Å²) in [5, 5.41) is 7.49. The van der Waals surface area contributed by atoms with Crippen molar-refractivity contribution in [1.29, 1.82) is 0 Å². The van der Waals surface area contributed by atoms with E-state index < -0.39 is 0 Å². The second-order valence-electron chi connectivity index (χ2n) is 7.71. The lowest BCUT2D eigenvalue weighted by molar-refractivity contribution is -0.116. The van der Waals surface area contributed by atoms with E-state index in [0.717, 1.165) is 21.8 Å². The molecule has 170 valence electrons. The number of hydrogen-bond donors (Lipinski definition) is 1. The van der Waals surface area contributed by atoms with Crippen LogP contribution >= 0.6 is 11.8 Å². The standard InChI is InChI=1S/C25H26N4O3S/c1-16-19(12-13-23(30)26-17-8-7-9-18(14-17)33-4)25(31)29-24(28(16)2)15-21(27-29)20-10-5-6-11-22(20)32-3/h5-11,14-15H,12-13H2,1-4H3,(H,26,30). The van der Waals surface area contributed by atoms with Gasteiger partial charge < -0.3 is 14.6 Å². The van der Waals surface area contributed by atoms with E-state index >= 15 is 0 Å². The number of ether oxygens (including phenoxy) is 1. The molecule has 0 saturated heterocycles. The van der Waals surface area contributed by atoms with Gasteiger partial charge in [0.15, 0.2) is 0 Å². The molecule has 0 radical (unpaired) electrons. The van der Waals surface area contributed by atoms with Crippen molar-refractivity contribution >= 4 is 29.0 Å². The molecule has 0 spiro atoms. The van der Waals surface area contributed by atoms with Crippen molar-refractivity contribution in [1.82, 2.24) is 14.2 Å². The van der Waals surface area contributed by atoms with E-state index in [2.05, 4.69) is 10.4 Å². The molecule has 1 amide bonds. The first kappa shape index (κ1) is 22.7. The SMILES string of the molecule is COc1ccccc1-c1cc2n(C)c(C)c(CCC(=O)Nc3cccc(SC)c3)c(=O)n2n1. The van der Waals surface area contributed by atoms with Gasteiger partial charge in [-0.1, -0.05) is 18.2 Å². The molecule has 0 unspecified atom stereocenters. The first-order valence-corrected chi connectivity index (χ1v) is 11.8. The van der Waals surface area contributed by atoms with Crippen molar-refractivity contribution in [3.63, 3.8) is 0 Å². The minimum Gasteiger partial charge on any atom is -0.496 e. The van der Waals surface area contributed by atoms with Crippen LogP contribution in [0.1, 0.15) is 17.7 Å². The summed E-state index contributed by atoms with van der Waals surface area (Å²) in [6.45, 7) is 1.90. The molecule has 0 aliphatic carbocycles. The van der Waals surface area contributed by atoms with Crippen LogP contribution in [-0.4, -0.2) is 33.5 Å². The number of para-hydroxylation sites is 1. The van der Waals surface area contributed by atoms with E-state index in [-0.39, 0.29) is 17.9 Å². The minimum atomic E-state index is -0.209. The average molecular weight is 463 g/mol. The largest absolute Gasteiger partial charge is 0.496 e. The van der Waals surface area contributed by atoms with Crippen molar-refractivity contribution in [2.24, 2.45) is 7.05 Å². The number of aromatic nitrogens is 3.